The molecule has 0 aliphatic carbocycles. The van der Waals surface area contributed by atoms with Crippen LogP contribution in [-0.4, -0.2) is 65.0 Å². The van der Waals surface area contributed by atoms with Gasteiger partial charge in [0.05, 0.1) is 18.2 Å². The number of rotatable bonds is 4. The molecule has 2 aliphatic rings. The van der Waals surface area contributed by atoms with Crippen molar-refractivity contribution in [2.75, 3.05) is 12.0 Å². The highest BCUT2D eigenvalue weighted by molar-refractivity contribution is 7.98. The van der Waals surface area contributed by atoms with E-state index in [9.17, 15) is 14.9 Å². The number of carbonyl (C=O) groups is 2. The number of nitrogens with zero attached hydrogens (tertiary/aromatic N) is 2. The van der Waals surface area contributed by atoms with E-state index in [4.69, 9.17) is 14.2 Å². The third-order valence-corrected chi connectivity index (χ3v) is 4.84. The molecule has 5 unspecified atom stereocenters. The largest absolute Gasteiger partial charge is 0.444 e. The second kappa shape index (κ2) is 7.14. The predicted octanol–water partition coefficient (Wildman–Crippen LogP) is 2.20. The van der Waals surface area contributed by atoms with Crippen LogP contribution in [0.5, 0.6) is 0 Å². The Hall–Kier alpha value is -1.30. The molecule has 0 aromatic carbocycles. The highest BCUT2D eigenvalue weighted by Gasteiger charge is 2.61. The first-order chi connectivity index (χ1) is 11.5. The Labute approximate surface area is 153 Å². The molecule has 0 spiro atoms. The minimum atomic E-state index is -1.01. The molecule has 0 bridgehead atoms. The summed E-state index contributed by atoms with van der Waals surface area (Å²) in [6, 6.07) is 0.914. The van der Waals surface area contributed by atoms with Crippen molar-refractivity contribution in [2.24, 2.45) is 5.92 Å². The van der Waals surface area contributed by atoms with Crippen LogP contribution in [0.3, 0.4) is 0 Å². The Balaban J connectivity index is 2.43. The quantitative estimate of drug-likeness (QED) is 0.701. The maximum atomic E-state index is 12.8. The molecule has 2 aliphatic heterocycles. The van der Waals surface area contributed by atoms with Crippen LogP contribution < -0.4 is 0 Å². The van der Waals surface area contributed by atoms with Crippen LogP contribution in [0, 0.1) is 17.2 Å². The Kier molecular flexibility index (Phi) is 5.71. The van der Waals surface area contributed by atoms with Crippen molar-refractivity contribution < 1.29 is 23.8 Å². The van der Waals surface area contributed by atoms with Crippen LogP contribution in [-0.2, 0) is 19.0 Å². The van der Waals surface area contributed by atoms with Crippen molar-refractivity contribution in [3.63, 3.8) is 0 Å². The summed E-state index contributed by atoms with van der Waals surface area (Å²) in [5, 5.41) is 9.42. The van der Waals surface area contributed by atoms with E-state index in [0.717, 1.165) is 0 Å². The predicted molar refractivity (Wildman–Crippen MR) is 93.0 cm³/mol. The fourth-order valence-electron chi connectivity index (χ4n) is 3.40. The van der Waals surface area contributed by atoms with Gasteiger partial charge in [0.1, 0.15) is 30.0 Å². The number of carbonyl (C=O) groups excluding carboxylic acids is 2. The average Bonchev–Trinajstić information content (AvgIpc) is 2.92. The van der Waals surface area contributed by atoms with Gasteiger partial charge in [0.2, 0.25) is 0 Å². The molecule has 0 aromatic rings. The van der Waals surface area contributed by atoms with Crippen LogP contribution >= 0.6 is 11.8 Å². The van der Waals surface area contributed by atoms with Gasteiger partial charge in [-0.2, -0.15) is 17.0 Å². The number of nitriles is 1. The minimum Gasteiger partial charge on any atom is -0.444 e. The number of aldehydes is 1. The maximum Gasteiger partial charge on any atom is 0.411 e. The summed E-state index contributed by atoms with van der Waals surface area (Å²) in [7, 11) is 0. The molecule has 0 N–H and O–H groups in total. The molecule has 140 valence electrons. The van der Waals surface area contributed by atoms with Gasteiger partial charge in [-0.05, 0) is 40.9 Å². The van der Waals surface area contributed by atoms with Gasteiger partial charge in [-0.3, -0.25) is 4.90 Å². The number of ether oxygens (including phenoxy) is 3. The van der Waals surface area contributed by atoms with E-state index < -0.39 is 41.6 Å². The van der Waals surface area contributed by atoms with Gasteiger partial charge < -0.3 is 19.0 Å². The summed E-state index contributed by atoms with van der Waals surface area (Å²) in [6.45, 7) is 8.91. The molecule has 5 atom stereocenters. The molecule has 2 heterocycles. The lowest BCUT2D eigenvalue weighted by atomic mass is 9.97. The lowest BCUT2D eigenvalue weighted by Gasteiger charge is -2.35. The molecule has 8 heteroatoms. The molecule has 25 heavy (non-hydrogen) atoms. The lowest BCUT2D eigenvalue weighted by Crippen LogP contribution is -2.51. The minimum absolute atomic E-state index is 0.336. The van der Waals surface area contributed by atoms with Gasteiger partial charge in [0.25, 0.3) is 0 Å². The van der Waals surface area contributed by atoms with Crippen molar-refractivity contribution in [1.29, 1.82) is 5.26 Å². The molecule has 2 saturated heterocycles. The normalized spacial score (nSPS) is 32.0. The number of amides is 1. The summed E-state index contributed by atoms with van der Waals surface area (Å²) < 4.78 is 17.5. The molecule has 2 rings (SSSR count). The number of likely N-dealkylation sites (tertiary alicyclic amines) is 1. The van der Waals surface area contributed by atoms with E-state index in [-0.39, 0.29) is 6.04 Å². The zero-order chi connectivity index (χ0) is 19.0. The van der Waals surface area contributed by atoms with Crippen LogP contribution in [0.15, 0.2) is 0 Å². The van der Waals surface area contributed by atoms with Gasteiger partial charge in [-0.25, -0.2) is 4.79 Å². The van der Waals surface area contributed by atoms with Crippen LogP contribution in [0.25, 0.3) is 0 Å². The molecule has 1 amide bonds. The molecule has 0 saturated carbocycles. The van der Waals surface area contributed by atoms with Gasteiger partial charge in [0.15, 0.2) is 5.79 Å². The number of hydrogen-bond donors (Lipinski definition) is 0. The third kappa shape index (κ3) is 4.10. The first-order valence-electron chi connectivity index (χ1n) is 8.25. The standard InChI is InChI=1S/C17H26N2O5S/c1-16(2,3)24-15(21)19-11(9-25-6)13-14(23-17(4,5)22-13)12(19)10(7-18)8-20/h8,10-14H,9H2,1-6H3. The summed E-state index contributed by atoms with van der Waals surface area (Å²) in [4.78, 5) is 25.8. The molecule has 0 radical (unpaired) electrons. The van der Waals surface area contributed by atoms with E-state index in [0.29, 0.717) is 12.0 Å². The van der Waals surface area contributed by atoms with Gasteiger partial charge in [0, 0.05) is 5.75 Å². The first kappa shape index (κ1) is 20.0. The van der Waals surface area contributed by atoms with E-state index in [1.54, 1.807) is 46.4 Å². The van der Waals surface area contributed by atoms with Crippen LogP contribution in [0.4, 0.5) is 4.79 Å². The van der Waals surface area contributed by atoms with Crippen molar-refractivity contribution in [2.45, 2.75) is 70.3 Å². The Morgan fingerprint density at radius 1 is 1.40 bits per heavy atom. The van der Waals surface area contributed by atoms with Crippen molar-refractivity contribution in [3.05, 3.63) is 0 Å². The number of thioether (sulfide) groups is 1. The summed E-state index contributed by atoms with van der Waals surface area (Å²) >= 11 is 1.56. The smallest absolute Gasteiger partial charge is 0.411 e. The first-order valence-corrected chi connectivity index (χ1v) is 9.65. The zero-order valence-corrected chi connectivity index (χ0v) is 16.3. The van der Waals surface area contributed by atoms with Crippen LogP contribution in [0.2, 0.25) is 0 Å². The molecule has 0 aromatic heterocycles. The second-order valence-electron chi connectivity index (χ2n) is 7.76. The molecule has 2 fully saturated rings. The van der Waals surface area contributed by atoms with E-state index in [1.165, 1.54) is 4.90 Å². The Morgan fingerprint density at radius 3 is 2.48 bits per heavy atom. The molecular formula is C17H26N2O5S. The lowest BCUT2D eigenvalue weighted by molar-refractivity contribution is -0.167. The van der Waals surface area contributed by atoms with Crippen molar-refractivity contribution in [3.8, 4) is 6.07 Å². The topological polar surface area (TPSA) is 88.9 Å². The molecule has 7 nitrogen and oxygen atoms in total. The summed E-state index contributed by atoms with van der Waals surface area (Å²) in [6.07, 6.45) is 0.983. The number of fused-ring (bicyclic) bond motifs is 1. The zero-order valence-electron chi connectivity index (χ0n) is 15.5. The monoisotopic (exact) mass is 370 g/mol. The van der Waals surface area contributed by atoms with Crippen molar-refractivity contribution in [1.82, 2.24) is 4.90 Å². The fourth-order valence-corrected chi connectivity index (χ4v) is 4.09. The van der Waals surface area contributed by atoms with Gasteiger partial charge in [-0.1, -0.05) is 0 Å². The Bertz CT molecular complexity index is 568. The van der Waals surface area contributed by atoms with Crippen molar-refractivity contribution >= 4 is 24.1 Å². The second-order valence-corrected chi connectivity index (χ2v) is 8.67. The van der Waals surface area contributed by atoms with E-state index >= 15 is 0 Å². The van der Waals surface area contributed by atoms with E-state index in [1.807, 2.05) is 12.3 Å². The average molecular weight is 370 g/mol. The highest BCUT2D eigenvalue weighted by Crippen LogP contribution is 2.43. The fraction of sp³-hybridized carbons (Fsp3) is 0.824. The Morgan fingerprint density at radius 2 is 2.00 bits per heavy atom. The van der Waals surface area contributed by atoms with E-state index in [2.05, 4.69) is 0 Å². The van der Waals surface area contributed by atoms with Gasteiger partial charge >= 0.3 is 6.09 Å². The summed E-state index contributed by atoms with van der Waals surface area (Å²) in [5.74, 6) is -1.25. The summed E-state index contributed by atoms with van der Waals surface area (Å²) in [5.41, 5.74) is -0.687. The molecular weight excluding hydrogens is 344 g/mol. The van der Waals surface area contributed by atoms with Crippen LogP contribution in [0.1, 0.15) is 34.6 Å². The maximum absolute atomic E-state index is 12.8. The third-order valence-electron chi connectivity index (χ3n) is 4.16. The highest BCUT2D eigenvalue weighted by atomic mass is 32.2. The SMILES string of the molecule is CSCC1C2OC(C)(C)OC2C(C(C#N)C=O)N1C(=O)OC(C)(C)C. The van der Waals surface area contributed by atoms with Gasteiger partial charge in [-0.15, -0.1) is 0 Å². The number of hydrogen-bond acceptors (Lipinski definition) is 7.